The number of hydrazone groups is 1. The zero-order valence-electron chi connectivity index (χ0n) is 19.3. The number of aromatic amines is 1. The second kappa shape index (κ2) is 10.5. The summed E-state index contributed by atoms with van der Waals surface area (Å²) in [5, 5.41) is 7.40. The van der Waals surface area contributed by atoms with E-state index in [1.807, 2.05) is 31.3 Å². The highest BCUT2D eigenvalue weighted by Crippen LogP contribution is 2.25. The maximum absolute atomic E-state index is 13.1. The number of halogens is 1. The number of sulfonamides is 1. The van der Waals surface area contributed by atoms with Crippen molar-refractivity contribution in [1.82, 2.24) is 19.2 Å². The number of aromatic nitrogens is 1. The fourth-order valence-electron chi connectivity index (χ4n) is 3.79. The standard InChI is InChI=1S/C25H26ClN5O3S/c1-3-4-11-29(2)27-16-19-5-7-20(8-6-19)17-30-12-13-31(18-25(30)32)35(33,34)24-15-21-14-22(26)9-10-23(21)28-24/h1,5-10,14-16,28H,4,11-13,17-18H2,2H3/b27-16+. The molecule has 0 saturated carbocycles. The Morgan fingerprint density at radius 3 is 2.69 bits per heavy atom. The van der Waals surface area contributed by atoms with E-state index < -0.39 is 10.0 Å². The summed E-state index contributed by atoms with van der Waals surface area (Å²) in [5.41, 5.74) is 2.56. The van der Waals surface area contributed by atoms with Crippen LogP contribution in [-0.2, 0) is 21.4 Å². The molecule has 35 heavy (non-hydrogen) atoms. The van der Waals surface area contributed by atoms with Gasteiger partial charge >= 0.3 is 0 Å². The molecule has 1 aromatic heterocycles. The molecule has 3 aromatic rings. The molecule has 1 fully saturated rings. The van der Waals surface area contributed by atoms with Gasteiger partial charge in [-0.25, -0.2) is 8.42 Å². The van der Waals surface area contributed by atoms with Gasteiger partial charge < -0.3 is 9.88 Å². The third kappa shape index (κ3) is 5.85. The minimum atomic E-state index is -3.83. The first-order valence-electron chi connectivity index (χ1n) is 11.1. The lowest BCUT2D eigenvalue weighted by atomic mass is 10.1. The number of hydrogen-bond donors (Lipinski definition) is 1. The Morgan fingerprint density at radius 2 is 1.97 bits per heavy atom. The van der Waals surface area contributed by atoms with Crippen molar-refractivity contribution in [3.05, 3.63) is 64.7 Å². The average molecular weight is 512 g/mol. The first-order chi connectivity index (χ1) is 16.8. The molecule has 1 amide bonds. The molecule has 0 aliphatic carbocycles. The Balaban J connectivity index is 1.37. The maximum Gasteiger partial charge on any atom is 0.259 e. The van der Waals surface area contributed by atoms with Crippen LogP contribution in [0, 0.1) is 12.3 Å². The predicted octanol–water partition coefficient (Wildman–Crippen LogP) is 3.14. The van der Waals surface area contributed by atoms with E-state index in [4.69, 9.17) is 18.0 Å². The van der Waals surface area contributed by atoms with Gasteiger partial charge in [-0.1, -0.05) is 35.9 Å². The summed E-state index contributed by atoms with van der Waals surface area (Å²) >= 11 is 6.01. The Bertz CT molecular complexity index is 1390. The highest BCUT2D eigenvalue weighted by Gasteiger charge is 2.33. The van der Waals surface area contributed by atoms with Crippen LogP contribution in [0.3, 0.4) is 0 Å². The van der Waals surface area contributed by atoms with Gasteiger partial charge in [0.1, 0.15) is 5.03 Å². The lowest BCUT2D eigenvalue weighted by molar-refractivity contribution is -0.134. The Kier molecular flexibility index (Phi) is 7.45. The lowest BCUT2D eigenvalue weighted by Crippen LogP contribution is -2.51. The fourth-order valence-corrected chi connectivity index (χ4v) is 5.37. The number of hydrogen-bond acceptors (Lipinski definition) is 5. The first-order valence-corrected chi connectivity index (χ1v) is 12.9. The molecule has 182 valence electrons. The van der Waals surface area contributed by atoms with Crippen LogP contribution in [0.1, 0.15) is 17.5 Å². The van der Waals surface area contributed by atoms with Crippen LogP contribution < -0.4 is 0 Å². The van der Waals surface area contributed by atoms with E-state index in [-0.39, 0.29) is 24.0 Å². The Labute approximate surface area is 210 Å². The quantitative estimate of drug-likeness (QED) is 0.286. The summed E-state index contributed by atoms with van der Waals surface area (Å²) in [7, 11) is -1.97. The number of nitrogens with zero attached hydrogens (tertiary/aromatic N) is 4. The van der Waals surface area contributed by atoms with Gasteiger partial charge in [-0.3, -0.25) is 9.80 Å². The topological polar surface area (TPSA) is 89.1 Å². The van der Waals surface area contributed by atoms with Crippen LogP contribution in [0.4, 0.5) is 0 Å². The van der Waals surface area contributed by atoms with Crippen LogP contribution in [0.25, 0.3) is 10.9 Å². The van der Waals surface area contributed by atoms with E-state index in [0.717, 1.165) is 11.1 Å². The van der Waals surface area contributed by atoms with E-state index in [2.05, 4.69) is 16.0 Å². The molecule has 1 N–H and O–H groups in total. The van der Waals surface area contributed by atoms with E-state index in [9.17, 15) is 13.2 Å². The van der Waals surface area contributed by atoms with Crippen LogP contribution >= 0.6 is 11.6 Å². The highest BCUT2D eigenvalue weighted by molar-refractivity contribution is 7.89. The largest absolute Gasteiger partial charge is 0.345 e. The molecule has 0 atom stereocenters. The number of carbonyl (C=O) groups excluding carboxylic acids is 1. The molecule has 1 aliphatic heterocycles. The molecular formula is C25H26ClN5O3S. The van der Waals surface area contributed by atoms with Gasteiger partial charge in [0.25, 0.3) is 10.0 Å². The summed E-state index contributed by atoms with van der Waals surface area (Å²) in [6.45, 7) is 1.43. The number of fused-ring (bicyclic) bond motifs is 1. The molecule has 0 bridgehead atoms. The summed E-state index contributed by atoms with van der Waals surface area (Å²) in [6.07, 6.45) is 7.66. The zero-order chi connectivity index (χ0) is 25.0. The van der Waals surface area contributed by atoms with Gasteiger partial charge in [0.05, 0.1) is 12.8 Å². The van der Waals surface area contributed by atoms with Crippen LogP contribution in [0.2, 0.25) is 5.02 Å². The second-order valence-electron chi connectivity index (χ2n) is 8.34. The molecule has 2 heterocycles. The minimum absolute atomic E-state index is 0.0539. The first kappa shape index (κ1) is 24.8. The summed E-state index contributed by atoms with van der Waals surface area (Å²) in [6, 6.07) is 14.4. The van der Waals surface area contributed by atoms with Crippen molar-refractivity contribution >= 4 is 44.6 Å². The van der Waals surface area contributed by atoms with Crippen molar-refractivity contribution in [3.8, 4) is 12.3 Å². The number of piperazine rings is 1. The van der Waals surface area contributed by atoms with Gasteiger partial charge in [-0.15, -0.1) is 12.3 Å². The number of rotatable bonds is 8. The van der Waals surface area contributed by atoms with Gasteiger partial charge in [0.2, 0.25) is 5.91 Å². The summed E-state index contributed by atoms with van der Waals surface area (Å²) in [4.78, 5) is 17.4. The summed E-state index contributed by atoms with van der Waals surface area (Å²) in [5.74, 6) is 2.35. The molecule has 2 aromatic carbocycles. The second-order valence-corrected chi connectivity index (χ2v) is 10.7. The van der Waals surface area contributed by atoms with Crippen LogP contribution in [0.15, 0.2) is 58.7 Å². The average Bonchev–Trinajstić information content (AvgIpc) is 3.27. The number of benzene rings is 2. The number of terminal acetylenes is 1. The van der Waals surface area contributed by atoms with Crippen molar-refractivity contribution in [3.63, 3.8) is 0 Å². The van der Waals surface area contributed by atoms with E-state index >= 15 is 0 Å². The molecule has 8 nitrogen and oxygen atoms in total. The lowest BCUT2D eigenvalue weighted by Gasteiger charge is -2.33. The molecule has 1 saturated heterocycles. The van der Waals surface area contributed by atoms with E-state index in [0.29, 0.717) is 42.0 Å². The van der Waals surface area contributed by atoms with Crippen LogP contribution in [0.5, 0.6) is 0 Å². The van der Waals surface area contributed by atoms with Crippen molar-refractivity contribution < 1.29 is 13.2 Å². The molecule has 4 rings (SSSR count). The van der Waals surface area contributed by atoms with E-state index in [1.165, 1.54) is 4.31 Å². The number of nitrogens with one attached hydrogen (secondary N) is 1. The van der Waals surface area contributed by atoms with Crippen LogP contribution in [-0.4, -0.2) is 73.0 Å². The summed E-state index contributed by atoms with van der Waals surface area (Å²) < 4.78 is 27.5. The smallest absolute Gasteiger partial charge is 0.259 e. The van der Waals surface area contributed by atoms with Gasteiger partial charge in [-0.05, 0) is 35.4 Å². The monoisotopic (exact) mass is 511 g/mol. The molecule has 0 unspecified atom stereocenters. The molecule has 0 radical (unpaired) electrons. The maximum atomic E-state index is 13.1. The number of amides is 1. The SMILES string of the molecule is C#CCCN(C)/N=C/c1ccc(CN2CCN(S(=O)(=O)c3cc4cc(Cl)ccc4[nH]3)CC2=O)cc1. The third-order valence-electron chi connectivity index (χ3n) is 5.80. The number of H-pyrrole nitrogens is 1. The van der Waals surface area contributed by atoms with E-state index in [1.54, 1.807) is 40.4 Å². The predicted molar refractivity (Wildman–Crippen MR) is 138 cm³/mol. The third-order valence-corrected chi connectivity index (χ3v) is 7.80. The minimum Gasteiger partial charge on any atom is -0.345 e. The zero-order valence-corrected chi connectivity index (χ0v) is 20.9. The van der Waals surface area contributed by atoms with Crippen molar-refractivity contribution in [2.24, 2.45) is 5.10 Å². The normalized spacial score (nSPS) is 15.1. The molecule has 10 heteroatoms. The van der Waals surface area contributed by atoms with Gasteiger partial charge in [-0.2, -0.15) is 9.41 Å². The Hall–Kier alpha value is -3.32. The van der Waals surface area contributed by atoms with Crippen molar-refractivity contribution in [2.75, 3.05) is 33.2 Å². The van der Waals surface area contributed by atoms with Crippen molar-refractivity contribution in [1.29, 1.82) is 0 Å². The fraction of sp³-hybridized carbons (Fsp3) is 0.280. The highest BCUT2D eigenvalue weighted by atomic mass is 35.5. The molecule has 1 aliphatic rings. The Morgan fingerprint density at radius 1 is 1.20 bits per heavy atom. The molecular weight excluding hydrogens is 486 g/mol. The van der Waals surface area contributed by atoms with Gasteiger partial charge in [0, 0.05) is 55.6 Å². The molecule has 0 spiro atoms. The number of carbonyl (C=O) groups is 1. The van der Waals surface area contributed by atoms with Gasteiger partial charge in [0.15, 0.2) is 0 Å². The van der Waals surface area contributed by atoms with Crippen molar-refractivity contribution in [2.45, 2.75) is 18.0 Å².